The fourth-order valence-corrected chi connectivity index (χ4v) is 2.24. The van der Waals surface area contributed by atoms with E-state index in [1.165, 1.54) is 5.56 Å². The SMILES string of the molecule is CO/C(=C\CCc1ccccc1)O[Si](C)(C)C. The summed E-state index contributed by atoms with van der Waals surface area (Å²) in [5.74, 6) is 0.667. The van der Waals surface area contributed by atoms with Crippen LogP contribution in [0.5, 0.6) is 0 Å². The number of allylic oxidation sites excluding steroid dienone is 1. The van der Waals surface area contributed by atoms with Crippen molar-refractivity contribution >= 4 is 8.32 Å². The Bertz CT molecular complexity index is 352. The van der Waals surface area contributed by atoms with E-state index in [1.807, 2.05) is 12.1 Å². The van der Waals surface area contributed by atoms with E-state index < -0.39 is 8.32 Å². The van der Waals surface area contributed by atoms with Gasteiger partial charge in [-0.05, 0) is 44.1 Å². The lowest BCUT2D eigenvalue weighted by molar-refractivity contribution is 0.145. The van der Waals surface area contributed by atoms with Crippen LogP contribution in [0.25, 0.3) is 0 Å². The summed E-state index contributed by atoms with van der Waals surface area (Å²) in [6, 6.07) is 10.4. The number of hydrogen-bond donors (Lipinski definition) is 0. The Morgan fingerprint density at radius 2 is 1.82 bits per heavy atom. The Morgan fingerprint density at radius 3 is 2.35 bits per heavy atom. The summed E-state index contributed by atoms with van der Waals surface area (Å²) in [6.07, 6.45) is 3.99. The number of ether oxygens (including phenoxy) is 1. The number of hydrogen-bond acceptors (Lipinski definition) is 2. The lowest BCUT2D eigenvalue weighted by Crippen LogP contribution is -2.25. The van der Waals surface area contributed by atoms with Crippen molar-refractivity contribution in [1.29, 1.82) is 0 Å². The third-order valence-corrected chi connectivity index (χ3v) is 3.01. The summed E-state index contributed by atoms with van der Waals surface area (Å²) in [5, 5.41) is 0. The highest BCUT2D eigenvalue weighted by atomic mass is 28.4. The van der Waals surface area contributed by atoms with E-state index in [1.54, 1.807) is 7.11 Å². The smallest absolute Gasteiger partial charge is 0.260 e. The number of methoxy groups -OCH3 is 1. The molecule has 0 aliphatic carbocycles. The molecule has 0 aliphatic rings. The summed E-state index contributed by atoms with van der Waals surface area (Å²) >= 11 is 0. The highest BCUT2D eigenvalue weighted by molar-refractivity contribution is 6.69. The van der Waals surface area contributed by atoms with Gasteiger partial charge in [-0.2, -0.15) is 0 Å². The van der Waals surface area contributed by atoms with E-state index in [4.69, 9.17) is 9.16 Å². The van der Waals surface area contributed by atoms with Crippen LogP contribution in [0.15, 0.2) is 42.4 Å². The molecule has 0 radical (unpaired) electrons. The van der Waals surface area contributed by atoms with Crippen molar-refractivity contribution < 1.29 is 9.16 Å². The quantitative estimate of drug-likeness (QED) is 0.562. The van der Waals surface area contributed by atoms with Crippen molar-refractivity contribution in [3.63, 3.8) is 0 Å². The first-order chi connectivity index (χ1) is 8.01. The lowest BCUT2D eigenvalue weighted by Gasteiger charge is -2.20. The molecule has 0 aromatic heterocycles. The monoisotopic (exact) mass is 250 g/mol. The van der Waals surface area contributed by atoms with Crippen molar-refractivity contribution in [2.24, 2.45) is 0 Å². The first-order valence-electron chi connectivity index (χ1n) is 5.98. The summed E-state index contributed by atoms with van der Waals surface area (Å²) in [4.78, 5) is 0. The van der Waals surface area contributed by atoms with Gasteiger partial charge < -0.3 is 9.16 Å². The summed E-state index contributed by atoms with van der Waals surface area (Å²) in [7, 11) is 0.0974. The molecule has 1 rings (SSSR count). The van der Waals surface area contributed by atoms with Gasteiger partial charge in [-0.25, -0.2) is 0 Å². The normalized spacial score (nSPS) is 12.4. The van der Waals surface area contributed by atoms with Gasteiger partial charge in [0.2, 0.25) is 8.32 Å². The molecule has 2 nitrogen and oxygen atoms in total. The second-order valence-electron chi connectivity index (χ2n) is 4.97. The fraction of sp³-hybridized carbons (Fsp3) is 0.429. The van der Waals surface area contributed by atoms with Crippen molar-refractivity contribution in [3.8, 4) is 0 Å². The lowest BCUT2D eigenvalue weighted by atomic mass is 10.1. The van der Waals surface area contributed by atoms with Gasteiger partial charge in [-0.1, -0.05) is 30.3 Å². The highest BCUT2D eigenvalue weighted by Gasteiger charge is 2.17. The molecule has 0 unspecified atom stereocenters. The van der Waals surface area contributed by atoms with Crippen LogP contribution < -0.4 is 0 Å². The Labute approximate surface area is 105 Å². The molecule has 17 heavy (non-hydrogen) atoms. The molecule has 0 atom stereocenters. The molecule has 0 bridgehead atoms. The van der Waals surface area contributed by atoms with E-state index >= 15 is 0 Å². The van der Waals surface area contributed by atoms with Crippen molar-refractivity contribution in [2.45, 2.75) is 32.5 Å². The molecule has 94 valence electrons. The van der Waals surface area contributed by atoms with Gasteiger partial charge in [0, 0.05) is 0 Å². The van der Waals surface area contributed by atoms with Crippen LogP contribution in [0.3, 0.4) is 0 Å². The van der Waals surface area contributed by atoms with Gasteiger partial charge in [-0.3, -0.25) is 0 Å². The average molecular weight is 250 g/mol. The zero-order valence-corrected chi connectivity index (χ0v) is 12.2. The molecule has 0 amide bonds. The number of benzene rings is 1. The molecule has 0 saturated carbocycles. The molecule has 0 aliphatic heterocycles. The zero-order chi connectivity index (χ0) is 12.7. The highest BCUT2D eigenvalue weighted by Crippen LogP contribution is 2.12. The minimum absolute atomic E-state index is 0.667. The van der Waals surface area contributed by atoms with E-state index in [0.717, 1.165) is 12.8 Å². The van der Waals surface area contributed by atoms with Crippen LogP contribution in [0.2, 0.25) is 19.6 Å². The molecule has 3 heteroatoms. The first kappa shape index (κ1) is 13.8. The van der Waals surface area contributed by atoms with Crippen LogP contribution in [0, 0.1) is 0 Å². The van der Waals surface area contributed by atoms with Crippen LogP contribution in [0.4, 0.5) is 0 Å². The van der Waals surface area contributed by atoms with Crippen LogP contribution in [-0.4, -0.2) is 15.4 Å². The fourth-order valence-electron chi connectivity index (χ4n) is 1.47. The number of aryl methyl sites for hydroxylation is 1. The first-order valence-corrected chi connectivity index (χ1v) is 9.39. The molecule has 0 fully saturated rings. The van der Waals surface area contributed by atoms with E-state index in [2.05, 4.69) is 43.9 Å². The van der Waals surface area contributed by atoms with Crippen molar-refractivity contribution in [3.05, 3.63) is 47.9 Å². The second-order valence-corrected chi connectivity index (χ2v) is 9.39. The minimum atomic E-state index is -1.56. The summed E-state index contributed by atoms with van der Waals surface area (Å²) < 4.78 is 11.0. The average Bonchev–Trinajstić information content (AvgIpc) is 2.27. The largest absolute Gasteiger partial charge is 0.520 e. The van der Waals surface area contributed by atoms with E-state index in [-0.39, 0.29) is 0 Å². The van der Waals surface area contributed by atoms with Crippen LogP contribution >= 0.6 is 0 Å². The van der Waals surface area contributed by atoms with E-state index in [0.29, 0.717) is 5.95 Å². The van der Waals surface area contributed by atoms with E-state index in [9.17, 15) is 0 Å². The Morgan fingerprint density at radius 1 is 1.18 bits per heavy atom. The molecule has 1 aromatic carbocycles. The van der Waals surface area contributed by atoms with Gasteiger partial charge in [0.15, 0.2) is 0 Å². The molecule has 1 aromatic rings. The third kappa shape index (κ3) is 6.17. The molecule has 0 spiro atoms. The maximum Gasteiger partial charge on any atom is 0.260 e. The van der Waals surface area contributed by atoms with Gasteiger partial charge >= 0.3 is 0 Å². The molecular weight excluding hydrogens is 228 g/mol. The van der Waals surface area contributed by atoms with Crippen LogP contribution in [-0.2, 0) is 15.6 Å². The molecule has 0 N–H and O–H groups in total. The van der Waals surface area contributed by atoms with Gasteiger partial charge in [0.25, 0.3) is 5.95 Å². The van der Waals surface area contributed by atoms with Gasteiger partial charge in [-0.15, -0.1) is 0 Å². The topological polar surface area (TPSA) is 18.5 Å². The summed E-state index contributed by atoms with van der Waals surface area (Å²) in [5.41, 5.74) is 1.34. The summed E-state index contributed by atoms with van der Waals surface area (Å²) in [6.45, 7) is 6.45. The molecule has 0 saturated heterocycles. The number of rotatable bonds is 6. The maximum atomic E-state index is 5.80. The standard InChI is InChI=1S/C14H22O2Si/c1-15-14(16-17(2,3)4)12-8-11-13-9-6-5-7-10-13/h5-7,9-10,12H,8,11H2,1-4H3/b14-12+. The van der Waals surface area contributed by atoms with Gasteiger partial charge in [0.05, 0.1) is 7.11 Å². The zero-order valence-electron chi connectivity index (χ0n) is 11.2. The van der Waals surface area contributed by atoms with Crippen molar-refractivity contribution in [2.75, 3.05) is 7.11 Å². The van der Waals surface area contributed by atoms with Crippen LogP contribution in [0.1, 0.15) is 12.0 Å². The van der Waals surface area contributed by atoms with Gasteiger partial charge in [0.1, 0.15) is 0 Å². The molecule has 0 heterocycles. The minimum Gasteiger partial charge on any atom is -0.520 e. The Hall–Kier alpha value is -1.22. The second kappa shape index (κ2) is 6.50. The molecular formula is C14H22O2Si. The predicted molar refractivity (Wildman–Crippen MR) is 74.3 cm³/mol. The maximum absolute atomic E-state index is 5.80. The predicted octanol–water partition coefficient (Wildman–Crippen LogP) is 3.96. The van der Waals surface area contributed by atoms with Crippen molar-refractivity contribution in [1.82, 2.24) is 0 Å². The Kier molecular flexibility index (Phi) is 5.29. The Balaban J connectivity index is 2.46. The third-order valence-electron chi connectivity index (χ3n) is 2.19.